The Bertz CT molecular complexity index is 260. The standard InChI is InChI=1S/C11H17N/c1-5-4-11(5)8-3-7-6(2)12-10(7)9(8)11/h5-10,12H,3-4H2,1-2H3. The van der Waals surface area contributed by atoms with E-state index in [2.05, 4.69) is 19.2 Å². The largest absolute Gasteiger partial charge is 0.311 e. The smallest absolute Gasteiger partial charge is 0.0149 e. The van der Waals surface area contributed by atoms with Gasteiger partial charge in [0, 0.05) is 12.1 Å². The maximum Gasteiger partial charge on any atom is 0.0149 e. The molecular formula is C11H17N. The maximum atomic E-state index is 3.71. The van der Waals surface area contributed by atoms with Crippen molar-refractivity contribution in [3.63, 3.8) is 0 Å². The molecular weight excluding hydrogens is 146 g/mol. The lowest BCUT2D eigenvalue weighted by Crippen LogP contribution is -2.59. The molecule has 0 aromatic rings. The predicted octanol–water partition coefficient (Wildman–Crippen LogP) is 1.64. The molecule has 0 aromatic heterocycles. The third kappa shape index (κ3) is 0.433. The van der Waals surface area contributed by atoms with E-state index < -0.39 is 0 Å². The van der Waals surface area contributed by atoms with Crippen LogP contribution in [0.25, 0.3) is 0 Å². The van der Waals surface area contributed by atoms with Gasteiger partial charge < -0.3 is 5.32 Å². The fourth-order valence-electron chi connectivity index (χ4n) is 4.73. The molecule has 3 saturated carbocycles. The van der Waals surface area contributed by atoms with Gasteiger partial charge in [-0.2, -0.15) is 0 Å². The molecule has 1 heterocycles. The van der Waals surface area contributed by atoms with Crippen LogP contribution in [-0.2, 0) is 0 Å². The van der Waals surface area contributed by atoms with Crippen molar-refractivity contribution in [2.24, 2.45) is 29.1 Å². The molecule has 1 nitrogen and oxygen atoms in total. The SMILES string of the molecule is CC1NC2C1CC1C2C12CC2C. The molecule has 0 radical (unpaired) electrons. The van der Waals surface area contributed by atoms with Crippen LogP contribution in [0, 0.1) is 29.1 Å². The Morgan fingerprint density at radius 3 is 2.58 bits per heavy atom. The third-order valence-electron chi connectivity index (χ3n) is 5.52. The van der Waals surface area contributed by atoms with Gasteiger partial charge in [-0.3, -0.25) is 0 Å². The van der Waals surface area contributed by atoms with Crippen molar-refractivity contribution in [1.29, 1.82) is 0 Å². The summed E-state index contributed by atoms with van der Waals surface area (Å²) in [5.41, 5.74) is 0.897. The predicted molar refractivity (Wildman–Crippen MR) is 47.7 cm³/mol. The second-order valence-corrected chi connectivity index (χ2v) is 5.73. The molecule has 1 saturated heterocycles. The lowest BCUT2D eigenvalue weighted by atomic mass is 9.80. The molecule has 0 amide bonds. The summed E-state index contributed by atoms with van der Waals surface area (Å²) in [5, 5.41) is 3.71. The van der Waals surface area contributed by atoms with Crippen LogP contribution in [0.2, 0.25) is 0 Å². The molecule has 7 atom stereocenters. The van der Waals surface area contributed by atoms with E-state index in [0.717, 1.165) is 41.2 Å². The highest BCUT2D eigenvalue weighted by molar-refractivity contribution is 5.32. The summed E-state index contributed by atoms with van der Waals surface area (Å²) in [5.74, 6) is 4.42. The summed E-state index contributed by atoms with van der Waals surface area (Å²) in [6.45, 7) is 4.81. The van der Waals surface area contributed by atoms with E-state index in [4.69, 9.17) is 0 Å². The van der Waals surface area contributed by atoms with Gasteiger partial charge in [0.05, 0.1) is 0 Å². The Kier molecular flexibility index (Phi) is 0.800. The highest BCUT2D eigenvalue weighted by Crippen LogP contribution is 2.84. The second-order valence-electron chi connectivity index (χ2n) is 5.73. The molecule has 4 aliphatic rings. The molecule has 1 heteroatoms. The van der Waals surface area contributed by atoms with E-state index in [1.165, 1.54) is 0 Å². The van der Waals surface area contributed by atoms with Crippen LogP contribution in [0.5, 0.6) is 0 Å². The van der Waals surface area contributed by atoms with Crippen LogP contribution in [0.1, 0.15) is 26.7 Å². The minimum Gasteiger partial charge on any atom is -0.311 e. The molecule has 0 aromatic carbocycles. The number of fused-ring (bicyclic) bond motifs is 5. The van der Waals surface area contributed by atoms with Crippen molar-refractivity contribution in [2.45, 2.75) is 38.8 Å². The highest BCUT2D eigenvalue weighted by Gasteiger charge is 2.82. The molecule has 1 N–H and O–H groups in total. The zero-order chi connectivity index (χ0) is 8.09. The van der Waals surface area contributed by atoms with Crippen molar-refractivity contribution in [3.8, 4) is 0 Å². The number of rotatable bonds is 0. The van der Waals surface area contributed by atoms with Crippen molar-refractivity contribution in [1.82, 2.24) is 5.32 Å². The molecule has 1 spiro atoms. The molecule has 3 aliphatic carbocycles. The maximum absolute atomic E-state index is 3.71. The summed E-state index contributed by atoms with van der Waals surface area (Å²) in [6, 6.07) is 1.80. The van der Waals surface area contributed by atoms with E-state index >= 15 is 0 Å². The minimum atomic E-state index is 0.842. The number of hydrogen-bond acceptors (Lipinski definition) is 1. The van der Waals surface area contributed by atoms with Gasteiger partial charge in [-0.1, -0.05) is 6.92 Å². The van der Waals surface area contributed by atoms with E-state index in [0.29, 0.717) is 0 Å². The second kappa shape index (κ2) is 1.50. The zero-order valence-electron chi connectivity index (χ0n) is 7.88. The summed E-state index contributed by atoms with van der Waals surface area (Å²) in [7, 11) is 0. The van der Waals surface area contributed by atoms with Gasteiger partial charge >= 0.3 is 0 Å². The molecule has 0 bridgehead atoms. The molecule has 4 rings (SSSR count). The average molecular weight is 163 g/mol. The van der Waals surface area contributed by atoms with Crippen LogP contribution in [0.15, 0.2) is 0 Å². The quantitative estimate of drug-likeness (QED) is 0.572. The van der Waals surface area contributed by atoms with Gasteiger partial charge in [0.25, 0.3) is 0 Å². The molecule has 4 fully saturated rings. The third-order valence-corrected chi connectivity index (χ3v) is 5.52. The van der Waals surface area contributed by atoms with Crippen LogP contribution >= 0.6 is 0 Å². The fraction of sp³-hybridized carbons (Fsp3) is 1.00. The molecule has 12 heavy (non-hydrogen) atoms. The van der Waals surface area contributed by atoms with E-state index in [9.17, 15) is 0 Å². The lowest BCUT2D eigenvalue weighted by Gasteiger charge is -2.43. The van der Waals surface area contributed by atoms with Crippen molar-refractivity contribution >= 4 is 0 Å². The number of nitrogens with one attached hydrogen (secondary N) is 1. The molecule has 7 unspecified atom stereocenters. The van der Waals surface area contributed by atoms with Gasteiger partial charge in [-0.25, -0.2) is 0 Å². The Balaban J connectivity index is 1.63. The Hall–Kier alpha value is -0.0400. The first-order valence-corrected chi connectivity index (χ1v) is 5.51. The first kappa shape index (κ1) is 6.42. The van der Waals surface area contributed by atoms with E-state index in [1.807, 2.05) is 0 Å². The first-order valence-electron chi connectivity index (χ1n) is 5.51. The summed E-state index contributed by atoms with van der Waals surface area (Å²) < 4.78 is 0. The Labute approximate surface area is 73.9 Å². The summed E-state index contributed by atoms with van der Waals surface area (Å²) in [6.07, 6.45) is 3.12. The minimum absolute atomic E-state index is 0.842. The summed E-state index contributed by atoms with van der Waals surface area (Å²) >= 11 is 0. The Morgan fingerprint density at radius 2 is 2.08 bits per heavy atom. The van der Waals surface area contributed by atoms with Crippen LogP contribution in [0.3, 0.4) is 0 Å². The van der Waals surface area contributed by atoms with E-state index in [1.54, 1.807) is 12.8 Å². The normalized spacial score (nSPS) is 76.5. The van der Waals surface area contributed by atoms with Crippen molar-refractivity contribution in [2.75, 3.05) is 0 Å². The number of hydrogen-bond donors (Lipinski definition) is 1. The van der Waals surface area contributed by atoms with Crippen LogP contribution in [0.4, 0.5) is 0 Å². The van der Waals surface area contributed by atoms with Crippen LogP contribution in [-0.4, -0.2) is 12.1 Å². The van der Waals surface area contributed by atoms with Gasteiger partial charge in [-0.05, 0) is 48.9 Å². The van der Waals surface area contributed by atoms with Gasteiger partial charge in [0.1, 0.15) is 0 Å². The van der Waals surface area contributed by atoms with Gasteiger partial charge in [0.15, 0.2) is 0 Å². The zero-order valence-corrected chi connectivity index (χ0v) is 7.88. The van der Waals surface area contributed by atoms with Crippen molar-refractivity contribution in [3.05, 3.63) is 0 Å². The molecule has 66 valence electrons. The summed E-state index contributed by atoms with van der Waals surface area (Å²) in [4.78, 5) is 0. The van der Waals surface area contributed by atoms with Crippen molar-refractivity contribution < 1.29 is 0 Å². The topological polar surface area (TPSA) is 12.0 Å². The first-order chi connectivity index (χ1) is 5.75. The fourth-order valence-corrected chi connectivity index (χ4v) is 4.73. The average Bonchev–Trinajstić information content (AvgIpc) is 2.79. The van der Waals surface area contributed by atoms with Gasteiger partial charge in [-0.15, -0.1) is 0 Å². The van der Waals surface area contributed by atoms with Crippen LogP contribution < -0.4 is 5.32 Å². The lowest BCUT2D eigenvalue weighted by molar-refractivity contribution is 0.143. The van der Waals surface area contributed by atoms with Gasteiger partial charge in [0.2, 0.25) is 0 Å². The highest BCUT2D eigenvalue weighted by atomic mass is 15.1. The molecule has 1 aliphatic heterocycles. The monoisotopic (exact) mass is 163 g/mol. The van der Waals surface area contributed by atoms with E-state index in [-0.39, 0.29) is 0 Å². The Morgan fingerprint density at radius 1 is 1.33 bits per heavy atom.